The van der Waals surface area contributed by atoms with Crippen molar-refractivity contribution >= 4 is 27.6 Å². The van der Waals surface area contributed by atoms with Crippen LogP contribution in [0.2, 0.25) is 0 Å². The van der Waals surface area contributed by atoms with Gasteiger partial charge in [-0.15, -0.1) is 4.40 Å². The first-order chi connectivity index (χ1) is 14.6. The van der Waals surface area contributed by atoms with E-state index in [9.17, 15) is 13.2 Å². The highest BCUT2D eigenvalue weighted by Crippen LogP contribution is 2.23. The Morgan fingerprint density at radius 3 is 2.61 bits per heavy atom. The van der Waals surface area contributed by atoms with Crippen LogP contribution in [0.5, 0.6) is 0 Å². The molecule has 0 atom stereocenters. The predicted octanol–water partition coefficient (Wildman–Crippen LogP) is 2.67. The van der Waals surface area contributed by atoms with Crippen molar-refractivity contribution in [2.75, 3.05) is 17.6 Å². The zero-order chi connectivity index (χ0) is 22.2. The van der Waals surface area contributed by atoms with Crippen molar-refractivity contribution in [2.24, 2.45) is 4.40 Å². The zero-order valence-corrected chi connectivity index (χ0v) is 18.6. The van der Waals surface area contributed by atoms with E-state index in [2.05, 4.69) is 59.8 Å². The van der Waals surface area contributed by atoms with Crippen LogP contribution in [-0.4, -0.2) is 47.1 Å². The summed E-state index contributed by atoms with van der Waals surface area (Å²) < 4.78 is 29.3. The van der Waals surface area contributed by atoms with Gasteiger partial charge in [-0.05, 0) is 28.7 Å². The molecular weight excluding hydrogens is 414 g/mol. The molecule has 0 aliphatic carbocycles. The largest absolute Gasteiger partial charge is 0.331 e. The molecule has 0 radical (unpaired) electrons. The van der Waals surface area contributed by atoms with Gasteiger partial charge < -0.3 is 10.2 Å². The molecule has 0 unspecified atom stereocenters. The number of hydrogen-bond donors (Lipinski definition) is 1. The molecule has 2 aromatic rings. The fourth-order valence-electron chi connectivity index (χ4n) is 3.42. The third kappa shape index (κ3) is 4.61. The van der Waals surface area contributed by atoms with Crippen molar-refractivity contribution in [3.8, 4) is 0 Å². The van der Waals surface area contributed by atoms with Gasteiger partial charge in [-0.25, -0.2) is 13.1 Å². The molecule has 1 amide bonds. The molecule has 0 spiro atoms. The van der Waals surface area contributed by atoms with Crippen LogP contribution in [-0.2, 0) is 26.8 Å². The average molecular weight is 440 g/mol. The molecule has 3 heterocycles. The minimum atomic E-state index is -3.57. The first-order valence-corrected chi connectivity index (χ1v) is 11.6. The summed E-state index contributed by atoms with van der Waals surface area (Å²) in [5.74, 6) is 0.160. The van der Waals surface area contributed by atoms with Gasteiger partial charge in [-0.1, -0.05) is 45.0 Å². The lowest BCUT2D eigenvalue weighted by atomic mass is 9.87. The molecular formula is C22H25N5O3S. The second-order valence-electron chi connectivity index (χ2n) is 8.59. The molecule has 0 saturated heterocycles. The van der Waals surface area contributed by atoms with Crippen LogP contribution in [0.1, 0.15) is 31.9 Å². The Balaban J connectivity index is 1.52. The van der Waals surface area contributed by atoms with Crippen LogP contribution in [0, 0.1) is 0 Å². The molecule has 1 N–H and O–H groups in total. The van der Waals surface area contributed by atoms with Crippen molar-refractivity contribution in [1.29, 1.82) is 0 Å². The number of allylic oxidation sites excluding steroid dienone is 2. The number of aromatic nitrogens is 2. The summed E-state index contributed by atoms with van der Waals surface area (Å²) in [6.07, 6.45) is 6.61. The van der Waals surface area contributed by atoms with Crippen LogP contribution in [0.25, 0.3) is 0 Å². The van der Waals surface area contributed by atoms with Crippen LogP contribution >= 0.6 is 0 Å². The molecule has 1 aromatic carbocycles. The van der Waals surface area contributed by atoms with E-state index >= 15 is 0 Å². The van der Waals surface area contributed by atoms with Crippen molar-refractivity contribution in [3.63, 3.8) is 0 Å². The van der Waals surface area contributed by atoms with Crippen LogP contribution in [0.3, 0.4) is 0 Å². The molecule has 9 heteroatoms. The smallest absolute Gasteiger partial charge is 0.260 e. The molecule has 0 fully saturated rings. The number of rotatable bonds is 4. The fourth-order valence-corrected chi connectivity index (χ4v) is 4.41. The monoisotopic (exact) mass is 439 g/mol. The minimum Gasteiger partial charge on any atom is -0.331 e. The summed E-state index contributed by atoms with van der Waals surface area (Å²) in [6.45, 7) is 7.27. The summed E-state index contributed by atoms with van der Waals surface area (Å²) >= 11 is 0. The van der Waals surface area contributed by atoms with Gasteiger partial charge in [0, 0.05) is 18.8 Å². The van der Waals surface area contributed by atoms with Crippen molar-refractivity contribution in [1.82, 2.24) is 14.7 Å². The van der Waals surface area contributed by atoms with Crippen LogP contribution < -0.4 is 5.32 Å². The first-order valence-electron chi connectivity index (χ1n) is 10.0. The van der Waals surface area contributed by atoms with Gasteiger partial charge in [0.25, 0.3) is 15.9 Å². The van der Waals surface area contributed by atoms with Gasteiger partial charge in [0.2, 0.25) is 0 Å². The number of carbonyl (C=O) groups excluding carboxylic acids is 1. The normalized spacial score (nSPS) is 17.6. The Bertz CT molecular complexity index is 1200. The maximum Gasteiger partial charge on any atom is 0.260 e. The SMILES string of the molecule is CC(C)(C)c1ccc(Cn2nccc2NC(=O)C2=CC=CN3CCS(=O)(=O)N=C23)cc1. The second kappa shape index (κ2) is 7.81. The third-order valence-electron chi connectivity index (χ3n) is 5.21. The maximum absolute atomic E-state index is 12.9. The zero-order valence-electron chi connectivity index (χ0n) is 17.7. The van der Waals surface area contributed by atoms with Gasteiger partial charge in [-0.2, -0.15) is 5.10 Å². The molecule has 0 saturated carbocycles. The standard InChI is InChI=1S/C22H25N5O3S/c1-22(2,3)17-8-6-16(7-9-17)15-27-19(10-11-23-27)24-21(28)18-5-4-12-26-13-14-31(29,30)25-20(18)26/h4-12H,13-15H2,1-3H3,(H,24,28). The average Bonchev–Trinajstić information content (AvgIpc) is 3.13. The number of benzene rings is 1. The summed E-state index contributed by atoms with van der Waals surface area (Å²) in [7, 11) is -3.57. The molecule has 2 aliphatic rings. The van der Waals surface area contributed by atoms with E-state index < -0.39 is 15.9 Å². The number of amides is 1. The number of hydrogen-bond acceptors (Lipinski definition) is 5. The first kappa shape index (κ1) is 21.0. The second-order valence-corrected chi connectivity index (χ2v) is 10.3. The lowest BCUT2D eigenvalue weighted by Crippen LogP contribution is -2.41. The molecule has 162 valence electrons. The number of amidine groups is 1. The highest BCUT2D eigenvalue weighted by atomic mass is 32.2. The summed E-state index contributed by atoms with van der Waals surface area (Å²) in [6, 6.07) is 10.0. The van der Waals surface area contributed by atoms with E-state index in [0.717, 1.165) is 5.56 Å². The topological polar surface area (TPSA) is 96.7 Å². The number of nitrogens with zero attached hydrogens (tertiary/aromatic N) is 4. The highest BCUT2D eigenvalue weighted by molar-refractivity contribution is 7.90. The lowest BCUT2D eigenvalue weighted by Gasteiger charge is -2.28. The Morgan fingerprint density at radius 2 is 1.90 bits per heavy atom. The van der Waals surface area contributed by atoms with E-state index in [0.29, 0.717) is 12.4 Å². The molecule has 8 nitrogen and oxygen atoms in total. The Kier molecular flexibility index (Phi) is 5.30. The molecule has 1 aromatic heterocycles. The van der Waals surface area contributed by atoms with Crippen LogP contribution in [0.4, 0.5) is 5.82 Å². The molecule has 2 aliphatic heterocycles. The number of sulfonamides is 1. The summed E-state index contributed by atoms with van der Waals surface area (Å²) in [5, 5.41) is 7.15. The van der Waals surface area contributed by atoms with Crippen molar-refractivity contribution < 1.29 is 13.2 Å². The van der Waals surface area contributed by atoms with E-state index in [-0.39, 0.29) is 29.1 Å². The predicted molar refractivity (Wildman–Crippen MR) is 120 cm³/mol. The van der Waals surface area contributed by atoms with Gasteiger partial charge in [0.1, 0.15) is 5.82 Å². The van der Waals surface area contributed by atoms with Gasteiger partial charge in [0.05, 0.1) is 24.1 Å². The minimum absolute atomic E-state index is 0.0729. The van der Waals surface area contributed by atoms with Gasteiger partial charge in [0.15, 0.2) is 5.84 Å². The maximum atomic E-state index is 12.9. The lowest BCUT2D eigenvalue weighted by molar-refractivity contribution is -0.112. The third-order valence-corrected chi connectivity index (χ3v) is 6.36. The van der Waals surface area contributed by atoms with Crippen molar-refractivity contribution in [3.05, 3.63) is 71.6 Å². The Hall–Kier alpha value is -3.20. The van der Waals surface area contributed by atoms with E-state index in [1.165, 1.54) is 5.56 Å². The van der Waals surface area contributed by atoms with Crippen molar-refractivity contribution in [2.45, 2.75) is 32.7 Å². The number of carbonyl (C=O) groups is 1. The van der Waals surface area contributed by atoms with E-state index in [4.69, 9.17) is 0 Å². The molecule has 0 bridgehead atoms. The number of nitrogens with one attached hydrogen (secondary N) is 1. The van der Waals surface area contributed by atoms with E-state index in [1.54, 1.807) is 40.2 Å². The number of fused-ring (bicyclic) bond motifs is 1. The molecule has 4 rings (SSSR count). The number of anilines is 1. The fraction of sp³-hybridized carbons (Fsp3) is 0.318. The Morgan fingerprint density at radius 1 is 1.16 bits per heavy atom. The highest BCUT2D eigenvalue weighted by Gasteiger charge is 2.30. The quantitative estimate of drug-likeness (QED) is 0.790. The van der Waals surface area contributed by atoms with Gasteiger partial charge >= 0.3 is 0 Å². The summed E-state index contributed by atoms with van der Waals surface area (Å²) in [5.41, 5.74) is 2.58. The van der Waals surface area contributed by atoms with E-state index in [1.807, 2.05) is 0 Å². The van der Waals surface area contributed by atoms with Gasteiger partial charge in [-0.3, -0.25) is 4.79 Å². The Labute approximate surface area is 182 Å². The summed E-state index contributed by atoms with van der Waals surface area (Å²) in [4.78, 5) is 14.6. The van der Waals surface area contributed by atoms with Crippen LogP contribution in [0.15, 0.2) is 64.9 Å². The molecule has 31 heavy (non-hydrogen) atoms.